The van der Waals surface area contributed by atoms with E-state index in [0.29, 0.717) is 18.2 Å². The van der Waals surface area contributed by atoms with Crippen molar-refractivity contribution in [2.45, 2.75) is 26.4 Å². The summed E-state index contributed by atoms with van der Waals surface area (Å²) in [5, 5.41) is 7.54. The highest BCUT2D eigenvalue weighted by molar-refractivity contribution is 5.90. The minimum atomic E-state index is -0.284. The van der Waals surface area contributed by atoms with Gasteiger partial charge >= 0.3 is 5.97 Å². The molecule has 19 heavy (non-hydrogen) atoms. The van der Waals surface area contributed by atoms with Gasteiger partial charge in [0.15, 0.2) is 0 Å². The Labute approximate surface area is 113 Å². The predicted octanol–water partition coefficient (Wildman–Crippen LogP) is 0.391. The van der Waals surface area contributed by atoms with Gasteiger partial charge in [0.1, 0.15) is 5.56 Å². The van der Waals surface area contributed by atoms with E-state index in [9.17, 15) is 4.79 Å². The van der Waals surface area contributed by atoms with Crippen LogP contribution >= 0.6 is 0 Å². The summed E-state index contributed by atoms with van der Waals surface area (Å²) in [5.41, 5.74) is 1.50. The molecule has 6 nitrogen and oxygen atoms in total. The number of ether oxygens (including phenoxy) is 1. The van der Waals surface area contributed by atoms with Crippen molar-refractivity contribution >= 4 is 5.97 Å². The number of hydrogen-bond donors (Lipinski definition) is 1. The molecule has 106 valence electrons. The van der Waals surface area contributed by atoms with Crippen LogP contribution in [0, 0.1) is 0 Å². The molecule has 0 spiro atoms. The van der Waals surface area contributed by atoms with Gasteiger partial charge in [-0.05, 0) is 13.8 Å². The van der Waals surface area contributed by atoms with Gasteiger partial charge in [0.2, 0.25) is 0 Å². The van der Waals surface area contributed by atoms with E-state index < -0.39 is 0 Å². The van der Waals surface area contributed by atoms with Crippen LogP contribution in [-0.2, 0) is 18.3 Å². The molecule has 1 atom stereocenters. The second-order valence-corrected chi connectivity index (χ2v) is 4.87. The lowest BCUT2D eigenvalue weighted by Crippen LogP contribution is -2.49. The van der Waals surface area contributed by atoms with E-state index in [4.69, 9.17) is 4.74 Å². The van der Waals surface area contributed by atoms with Crippen LogP contribution in [0.25, 0.3) is 0 Å². The maximum absolute atomic E-state index is 11.9. The van der Waals surface area contributed by atoms with Crippen molar-refractivity contribution in [1.82, 2.24) is 20.0 Å². The number of nitrogens with zero attached hydrogens (tertiary/aromatic N) is 3. The lowest BCUT2D eigenvalue weighted by Gasteiger charge is -2.33. The third kappa shape index (κ3) is 3.13. The van der Waals surface area contributed by atoms with E-state index in [0.717, 1.165) is 31.9 Å². The van der Waals surface area contributed by atoms with Crippen LogP contribution in [0.2, 0.25) is 0 Å². The van der Waals surface area contributed by atoms with E-state index in [-0.39, 0.29) is 5.97 Å². The minimum Gasteiger partial charge on any atom is -0.462 e. The highest BCUT2D eigenvalue weighted by Crippen LogP contribution is 2.15. The van der Waals surface area contributed by atoms with Crippen molar-refractivity contribution in [3.05, 3.63) is 17.5 Å². The molecule has 0 amide bonds. The first-order chi connectivity index (χ1) is 9.13. The van der Waals surface area contributed by atoms with Crippen LogP contribution < -0.4 is 5.32 Å². The summed E-state index contributed by atoms with van der Waals surface area (Å²) in [6, 6.07) is 0.457. The second kappa shape index (κ2) is 6.16. The summed E-state index contributed by atoms with van der Waals surface area (Å²) in [6.07, 6.45) is 1.60. The predicted molar refractivity (Wildman–Crippen MR) is 71.9 cm³/mol. The standard InChI is InChI=1S/C13H22N4O2/c1-4-19-13(18)11-8-15-16(3)12(11)9-17-6-5-14-7-10(17)2/h8,10,14H,4-7,9H2,1-3H3/t10-/m1/s1. The molecule has 2 rings (SSSR count). The second-order valence-electron chi connectivity index (χ2n) is 4.87. The largest absolute Gasteiger partial charge is 0.462 e. The molecular formula is C13H22N4O2. The highest BCUT2D eigenvalue weighted by atomic mass is 16.5. The van der Waals surface area contributed by atoms with Gasteiger partial charge in [-0.1, -0.05) is 0 Å². The maximum Gasteiger partial charge on any atom is 0.341 e. The first-order valence-corrected chi connectivity index (χ1v) is 6.76. The molecule has 0 aromatic carbocycles. The zero-order chi connectivity index (χ0) is 13.8. The van der Waals surface area contributed by atoms with Gasteiger partial charge in [-0.2, -0.15) is 5.10 Å². The molecule has 1 aromatic heterocycles. The quantitative estimate of drug-likeness (QED) is 0.799. The van der Waals surface area contributed by atoms with Crippen LogP contribution in [0.4, 0.5) is 0 Å². The van der Waals surface area contributed by atoms with Gasteiger partial charge in [0.25, 0.3) is 0 Å². The molecule has 0 unspecified atom stereocenters. The van der Waals surface area contributed by atoms with Crippen LogP contribution in [0.3, 0.4) is 0 Å². The number of piperazine rings is 1. The number of esters is 1. The van der Waals surface area contributed by atoms with Crippen LogP contribution in [0.1, 0.15) is 29.9 Å². The Morgan fingerprint density at radius 2 is 2.42 bits per heavy atom. The van der Waals surface area contributed by atoms with E-state index in [1.54, 1.807) is 10.9 Å². The number of hydrogen-bond acceptors (Lipinski definition) is 5. The van der Waals surface area contributed by atoms with Crippen molar-refractivity contribution in [3.63, 3.8) is 0 Å². The molecular weight excluding hydrogens is 244 g/mol. The molecule has 1 aliphatic rings. The molecule has 1 N–H and O–H groups in total. The summed E-state index contributed by atoms with van der Waals surface area (Å²) in [7, 11) is 1.87. The number of nitrogens with one attached hydrogen (secondary N) is 1. The van der Waals surface area contributed by atoms with E-state index in [2.05, 4.69) is 22.2 Å². The SMILES string of the molecule is CCOC(=O)c1cnn(C)c1CN1CCNC[C@H]1C. The van der Waals surface area contributed by atoms with Gasteiger partial charge in [0.05, 0.1) is 18.5 Å². The molecule has 0 saturated carbocycles. The zero-order valence-corrected chi connectivity index (χ0v) is 11.8. The van der Waals surface area contributed by atoms with E-state index in [1.165, 1.54) is 0 Å². The fourth-order valence-corrected chi connectivity index (χ4v) is 2.34. The van der Waals surface area contributed by atoms with Crippen LogP contribution in [0.15, 0.2) is 6.20 Å². The van der Waals surface area contributed by atoms with E-state index in [1.807, 2.05) is 14.0 Å². The van der Waals surface area contributed by atoms with Crippen molar-refractivity contribution in [2.24, 2.45) is 7.05 Å². The average molecular weight is 266 g/mol. The number of aromatic nitrogens is 2. The Kier molecular flexibility index (Phi) is 4.55. The van der Waals surface area contributed by atoms with Crippen molar-refractivity contribution in [2.75, 3.05) is 26.2 Å². The van der Waals surface area contributed by atoms with Crippen LogP contribution in [-0.4, -0.2) is 52.9 Å². The van der Waals surface area contributed by atoms with Gasteiger partial charge in [-0.25, -0.2) is 4.79 Å². The van der Waals surface area contributed by atoms with Gasteiger partial charge in [-0.3, -0.25) is 9.58 Å². The molecule has 2 heterocycles. The highest BCUT2D eigenvalue weighted by Gasteiger charge is 2.23. The number of aryl methyl sites for hydroxylation is 1. The summed E-state index contributed by atoms with van der Waals surface area (Å²) in [4.78, 5) is 14.3. The Bertz CT molecular complexity index is 444. The van der Waals surface area contributed by atoms with E-state index >= 15 is 0 Å². The summed E-state index contributed by atoms with van der Waals surface area (Å²) in [5.74, 6) is -0.284. The van der Waals surface area contributed by atoms with Gasteiger partial charge in [-0.15, -0.1) is 0 Å². The summed E-state index contributed by atoms with van der Waals surface area (Å²) >= 11 is 0. The smallest absolute Gasteiger partial charge is 0.341 e. The minimum absolute atomic E-state index is 0.284. The molecule has 1 aromatic rings. The van der Waals surface area contributed by atoms with Gasteiger partial charge in [0, 0.05) is 39.3 Å². The third-order valence-electron chi connectivity index (χ3n) is 3.55. The average Bonchev–Trinajstić information content (AvgIpc) is 2.74. The molecule has 1 saturated heterocycles. The normalized spacial score (nSPS) is 20.5. The Balaban J connectivity index is 2.14. The van der Waals surface area contributed by atoms with Crippen molar-refractivity contribution in [3.8, 4) is 0 Å². The lowest BCUT2D eigenvalue weighted by molar-refractivity contribution is 0.0522. The fraction of sp³-hybridized carbons (Fsp3) is 0.692. The third-order valence-corrected chi connectivity index (χ3v) is 3.55. The first-order valence-electron chi connectivity index (χ1n) is 6.76. The van der Waals surface area contributed by atoms with Gasteiger partial charge < -0.3 is 10.1 Å². The molecule has 0 radical (unpaired) electrons. The zero-order valence-electron chi connectivity index (χ0n) is 11.8. The topological polar surface area (TPSA) is 59.4 Å². The summed E-state index contributed by atoms with van der Waals surface area (Å²) < 4.78 is 6.84. The Morgan fingerprint density at radius 3 is 3.11 bits per heavy atom. The maximum atomic E-state index is 11.9. The number of carbonyl (C=O) groups excluding carboxylic acids is 1. The first kappa shape index (κ1) is 14.0. The number of rotatable bonds is 4. The fourth-order valence-electron chi connectivity index (χ4n) is 2.34. The lowest BCUT2D eigenvalue weighted by atomic mass is 10.1. The number of carbonyl (C=O) groups is 1. The monoisotopic (exact) mass is 266 g/mol. The molecule has 1 aliphatic heterocycles. The molecule has 0 aliphatic carbocycles. The Hall–Kier alpha value is -1.40. The summed E-state index contributed by atoms with van der Waals surface area (Å²) in [6.45, 7) is 8.06. The molecule has 1 fully saturated rings. The van der Waals surface area contributed by atoms with Crippen molar-refractivity contribution < 1.29 is 9.53 Å². The molecule has 0 bridgehead atoms. The van der Waals surface area contributed by atoms with Crippen molar-refractivity contribution in [1.29, 1.82) is 0 Å². The Morgan fingerprint density at radius 1 is 1.63 bits per heavy atom. The van der Waals surface area contributed by atoms with Crippen LogP contribution in [0.5, 0.6) is 0 Å². The molecule has 6 heteroatoms.